The lowest BCUT2D eigenvalue weighted by Crippen LogP contribution is -2.39. The van der Waals surface area contributed by atoms with Crippen LogP contribution in [0.25, 0.3) is 0 Å². The summed E-state index contributed by atoms with van der Waals surface area (Å²) in [6.07, 6.45) is 0.572. The number of carbonyl (C=O) groups excluding carboxylic acids is 1. The van der Waals surface area contributed by atoms with Crippen molar-refractivity contribution in [3.63, 3.8) is 0 Å². The molecule has 7 nitrogen and oxygen atoms in total. The van der Waals surface area contributed by atoms with Gasteiger partial charge in [-0.25, -0.2) is 24.4 Å². The van der Waals surface area contributed by atoms with Crippen LogP contribution in [0.2, 0.25) is 5.02 Å². The Morgan fingerprint density at radius 3 is 2.32 bits per heavy atom. The number of nitrogens with one attached hydrogen (secondary N) is 3. The topological polar surface area (TPSA) is 113 Å². The molecule has 3 rings (SSSR count). The van der Waals surface area contributed by atoms with Gasteiger partial charge in [0, 0.05) is 16.8 Å². The minimum Gasteiger partial charge on any atom is -0.325 e. The van der Waals surface area contributed by atoms with Gasteiger partial charge >= 0.3 is 0 Å². The average Bonchev–Trinajstić information content (AvgIpc) is 3.05. The summed E-state index contributed by atoms with van der Waals surface area (Å²) in [4.78, 5) is 12.3. The highest BCUT2D eigenvalue weighted by Gasteiger charge is 2.30. The van der Waals surface area contributed by atoms with Crippen LogP contribution in [0.15, 0.2) is 53.4 Å². The van der Waals surface area contributed by atoms with E-state index in [0.29, 0.717) is 17.1 Å². The Bertz CT molecular complexity index is 869. The molecule has 25 heavy (non-hydrogen) atoms. The highest BCUT2D eigenvalue weighted by Crippen LogP contribution is 2.24. The smallest absolute Gasteiger partial charge is 0.242 e. The van der Waals surface area contributed by atoms with E-state index < -0.39 is 16.1 Å². The summed E-state index contributed by atoms with van der Waals surface area (Å²) in [7, 11) is -3.75. The molecule has 2 unspecified atom stereocenters. The number of hydrogen-bond donors (Lipinski definition) is 4. The van der Waals surface area contributed by atoms with E-state index in [1.54, 1.807) is 12.1 Å². The van der Waals surface area contributed by atoms with E-state index in [1.807, 2.05) is 12.1 Å². The second kappa shape index (κ2) is 7.11. The number of hydrogen-bond acceptors (Lipinski definition) is 5. The van der Waals surface area contributed by atoms with Crippen LogP contribution in [0.1, 0.15) is 18.0 Å². The van der Waals surface area contributed by atoms with E-state index in [1.165, 1.54) is 24.3 Å². The van der Waals surface area contributed by atoms with Crippen LogP contribution in [0.4, 0.5) is 5.69 Å². The highest BCUT2D eigenvalue weighted by molar-refractivity contribution is 7.89. The van der Waals surface area contributed by atoms with Gasteiger partial charge in [0.15, 0.2) is 0 Å². The zero-order valence-electron chi connectivity index (χ0n) is 13.1. The van der Waals surface area contributed by atoms with Crippen LogP contribution in [-0.2, 0) is 14.8 Å². The molecule has 1 fully saturated rings. The molecule has 0 aliphatic carbocycles. The molecular weight excluding hydrogens is 364 g/mol. The first-order valence-electron chi connectivity index (χ1n) is 7.53. The van der Waals surface area contributed by atoms with Crippen LogP contribution in [0, 0.1) is 0 Å². The summed E-state index contributed by atoms with van der Waals surface area (Å²) in [6.45, 7) is 0. The van der Waals surface area contributed by atoms with Crippen molar-refractivity contribution < 1.29 is 13.2 Å². The fourth-order valence-electron chi connectivity index (χ4n) is 2.60. The zero-order chi connectivity index (χ0) is 18.0. The fraction of sp³-hybridized carbons (Fsp3) is 0.188. The van der Waals surface area contributed by atoms with Crippen LogP contribution in [0.3, 0.4) is 0 Å². The first-order valence-corrected chi connectivity index (χ1v) is 9.45. The van der Waals surface area contributed by atoms with Gasteiger partial charge in [-0.15, -0.1) is 0 Å². The Labute approximate surface area is 150 Å². The van der Waals surface area contributed by atoms with E-state index in [0.717, 1.165) is 5.56 Å². The molecular formula is C16H17ClN4O3S. The number of benzene rings is 2. The van der Waals surface area contributed by atoms with Gasteiger partial charge in [-0.3, -0.25) is 4.79 Å². The molecule has 0 radical (unpaired) electrons. The molecule has 0 aromatic heterocycles. The number of halogens is 1. The monoisotopic (exact) mass is 380 g/mol. The molecule has 2 atom stereocenters. The van der Waals surface area contributed by atoms with E-state index >= 15 is 0 Å². The Kier molecular flexibility index (Phi) is 5.07. The van der Waals surface area contributed by atoms with Crippen molar-refractivity contribution >= 4 is 33.2 Å². The summed E-state index contributed by atoms with van der Waals surface area (Å²) in [5, 5.41) is 8.45. The maximum atomic E-state index is 12.3. The van der Waals surface area contributed by atoms with Crippen LogP contribution >= 0.6 is 11.6 Å². The second-order valence-electron chi connectivity index (χ2n) is 5.74. The molecule has 2 aromatic rings. The maximum Gasteiger partial charge on any atom is 0.242 e. The Balaban J connectivity index is 1.61. The summed E-state index contributed by atoms with van der Waals surface area (Å²) in [6, 6.07) is 12.7. The molecule has 1 heterocycles. The predicted octanol–water partition coefficient (Wildman–Crippen LogP) is 1.53. The van der Waals surface area contributed by atoms with Gasteiger partial charge in [-0.2, -0.15) is 0 Å². The van der Waals surface area contributed by atoms with E-state index in [-0.39, 0.29) is 16.8 Å². The molecule has 0 spiro atoms. The highest BCUT2D eigenvalue weighted by atomic mass is 35.5. The number of rotatable bonds is 4. The summed E-state index contributed by atoms with van der Waals surface area (Å²) < 4.78 is 22.5. The Morgan fingerprint density at radius 1 is 1.08 bits per heavy atom. The van der Waals surface area contributed by atoms with Gasteiger partial charge in [0.25, 0.3) is 0 Å². The SMILES string of the molecule is NS(=O)(=O)c1ccc(NC(=O)C2CC(c3ccc(Cl)cc3)NN2)cc1. The average molecular weight is 381 g/mol. The summed E-state index contributed by atoms with van der Waals surface area (Å²) in [5.41, 5.74) is 7.58. The minimum atomic E-state index is -3.75. The fourth-order valence-corrected chi connectivity index (χ4v) is 3.24. The number of carbonyl (C=O) groups is 1. The Morgan fingerprint density at radius 2 is 1.72 bits per heavy atom. The van der Waals surface area contributed by atoms with Gasteiger partial charge in [0.05, 0.1) is 4.90 Å². The Hall–Kier alpha value is -1.97. The molecule has 1 amide bonds. The molecule has 9 heteroatoms. The summed E-state index contributed by atoms with van der Waals surface area (Å²) in [5.74, 6) is -0.215. The normalized spacial score (nSPS) is 20.4. The second-order valence-corrected chi connectivity index (χ2v) is 7.74. The van der Waals surface area contributed by atoms with Crippen molar-refractivity contribution in [3.05, 3.63) is 59.1 Å². The van der Waals surface area contributed by atoms with Crippen LogP contribution < -0.4 is 21.3 Å². The van der Waals surface area contributed by atoms with E-state index in [9.17, 15) is 13.2 Å². The van der Waals surface area contributed by atoms with Gasteiger partial charge in [-0.1, -0.05) is 23.7 Å². The van der Waals surface area contributed by atoms with Gasteiger partial charge in [0.1, 0.15) is 6.04 Å². The third-order valence-corrected chi connectivity index (χ3v) is 5.12. The number of amides is 1. The number of sulfonamides is 1. The van der Waals surface area contributed by atoms with Crippen molar-refractivity contribution in [2.75, 3.05) is 5.32 Å². The minimum absolute atomic E-state index is 0.00206. The predicted molar refractivity (Wildman–Crippen MR) is 95.3 cm³/mol. The largest absolute Gasteiger partial charge is 0.325 e. The lowest BCUT2D eigenvalue weighted by atomic mass is 10.0. The van der Waals surface area contributed by atoms with Crippen molar-refractivity contribution in [2.45, 2.75) is 23.4 Å². The standard InChI is InChI=1S/C16H17ClN4O3S/c17-11-3-1-10(2-4-11)14-9-15(21-20-14)16(22)19-12-5-7-13(8-6-12)25(18,23)24/h1-8,14-15,20-21H,9H2,(H,19,22)(H2,18,23,24). The molecule has 2 aromatic carbocycles. The van der Waals surface area contributed by atoms with Crippen LogP contribution in [-0.4, -0.2) is 20.4 Å². The van der Waals surface area contributed by atoms with Crippen molar-refractivity contribution in [3.8, 4) is 0 Å². The lowest BCUT2D eigenvalue weighted by molar-refractivity contribution is -0.117. The van der Waals surface area contributed by atoms with Crippen molar-refractivity contribution in [1.29, 1.82) is 0 Å². The third-order valence-electron chi connectivity index (χ3n) is 3.94. The number of hydrazine groups is 1. The number of primary sulfonamides is 1. The van der Waals surface area contributed by atoms with Crippen molar-refractivity contribution in [1.82, 2.24) is 10.9 Å². The maximum absolute atomic E-state index is 12.3. The number of nitrogens with two attached hydrogens (primary N) is 1. The molecule has 132 valence electrons. The third kappa shape index (κ3) is 4.36. The lowest BCUT2D eigenvalue weighted by Gasteiger charge is -2.11. The van der Waals surface area contributed by atoms with Gasteiger partial charge in [-0.05, 0) is 48.4 Å². The van der Waals surface area contributed by atoms with E-state index in [4.69, 9.17) is 16.7 Å². The van der Waals surface area contributed by atoms with Crippen LogP contribution in [0.5, 0.6) is 0 Å². The summed E-state index contributed by atoms with van der Waals surface area (Å²) >= 11 is 5.88. The molecule has 1 aliphatic heterocycles. The molecule has 1 aliphatic rings. The van der Waals surface area contributed by atoms with E-state index in [2.05, 4.69) is 16.2 Å². The number of anilines is 1. The first kappa shape index (κ1) is 17.8. The molecule has 5 N–H and O–H groups in total. The molecule has 0 saturated carbocycles. The zero-order valence-corrected chi connectivity index (χ0v) is 14.6. The first-order chi connectivity index (χ1) is 11.8. The molecule has 0 bridgehead atoms. The van der Waals surface area contributed by atoms with Gasteiger partial charge in [0.2, 0.25) is 15.9 Å². The quantitative estimate of drug-likeness (QED) is 0.642. The molecule has 1 saturated heterocycles. The van der Waals surface area contributed by atoms with Gasteiger partial charge < -0.3 is 5.32 Å². The van der Waals surface area contributed by atoms with Crippen molar-refractivity contribution in [2.24, 2.45) is 5.14 Å².